The van der Waals surface area contributed by atoms with Crippen molar-refractivity contribution in [2.24, 2.45) is 5.92 Å². The number of carbonyl (C=O) groups excluding carboxylic acids is 1. The third kappa shape index (κ3) is 4.01. The van der Waals surface area contributed by atoms with Crippen molar-refractivity contribution in [3.63, 3.8) is 0 Å². The van der Waals surface area contributed by atoms with E-state index < -0.39 is 0 Å². The van der Waals surface area contributed by atoms with Crippen LogP contribution >= 0.6 is 0 Å². The summed E-state index contributed by atoms with van der Waals surface area (Å²) in [6, 6.07) is 0.283. The second-order valence-electron chi connectivity index (χ2n) is 4.27. The second-order valence-corrected chi connectivity index (χ2v) is 4.27. The maximum atomic E-state index is 11.1. The number of hydrogen-bond donors (Lipinski definition) is 2. The van der Waals surface area contributed by atoms with Crippen molar-refractivity contribution in [3.05, 3.63) is 12.7 Å². The number of hydrogen-bond acceptors (Lipinski definition) is 3. The van der Waals surface area contributed by atoms with Crippen LogP contribution < -0.4 is 10.6 Å². The molecule has 0 bridgehead atoms. The van der Waals surface area contributed by atoms with Crippen LogP contribution in [0.2, 0.25) is 0 Å². The topological polar surface area (TPSA) is 50.4 Å². The molecule has 15 heavy (non-hydrogen) atoms. The molecule has 0 spiro atoms. The molecule has 2 atom stereocenters. The van der Waals surface area contributed by atoms with Gasteiger partial charge in [0.05, 0.1) is 25.3 Å². The van der Waals surface area contributed by atoms with Gasteiger partial charge in [0.25, 0.3) is 0 Å². The van der Waals surface area contributed by atoms with E-state index in [9.17, 15) is 4.79 Å². The number of carbonyl (C=O) groups is 1. The van der Waals surface area contributed by atoms with Gasteiger partial charge in [-0.3, -0.25) is 4.79 Å². The van der Waals surface area contributed by atoms with Crippen LogP contribution in [0.5, 0.6) is 0 Å². The van der Waals surface area contributed by atoms with E-state index >= 15 is 0 Å². The van der Waals surface area contributed by atoms with Crippen molar-refractivity contribution in [2.45, 2.75) is 25.9 Å². The van der Waals surface area contributed by atoms with Crippen molar-refractivity contribution in [2.75, 3.05) is 19.8 Å². The van der Waals surface area contributed by atoms with Gasteiger partial charge in [0.2, 0.25) is 5.91 Å². The van der Waals surface area contributed by atoms with Gasteiger partial charge < -0.3 is 15.4 Å². The molecule has 1 aliphatic heterocycles. The minimum absolute atomic E-state index is 0.0641. The molecule has 1 aliphatic rings. The smallest absolute Gasteiger partial charge is 0.243 e. The summed E-state index contributed by atoms with van der Waals surface area (Å²) in [5.74, 6) is 0.461. The molecule has 0 aromatic rings. The van der Waals surface area contributed by atoms with Crippen LogP contribution in [0.1, 0.15) is 13.8 Å². The summed E-state index contributed by atoms with van der Waals surface area (Å²) >= 11 is 0. The molecular formula is C11H20N2O2. The predicted molar refractivity (Wildman–Crippen MR) is 59.6 cm³/mol. The Balaban J connectivity index is 2.35. The summed E-state index contributed by atoms with van der Waals surface area (Å²) in [5, 5.41) is 6.24. The van der Waals surface area contributed by atoms with E-state index in [1.54, 1.807) is 0 Å². The van der Waals surface area contributed by atoms with E-state index in [-0.39, 0.29) is 18.0 Å². The molecule has 4 heteroatoms. The van der Waals surface area contributed by atoms with Crippen LogP contribution in [-0.2, 0) is 9.53 Å². The molecule has 2 N–H and O–H groups in total. The summed E-state index contributed by atoms with van der Waals surface area (Å²) in [4.78, 5) is 11.1. The van der Waals surface area contributed by atoms with E-state index in [0.29, 0.717) is 19.1 Å². The first kappa shape index (κ1) is 12.2. The Morgan fingerprint density at radius 1 is 1.53 bits per heavy atom. The molecule has 1 heterocycles. The Morgan fingerprint density at radius 3 is 2.80 bits per heavy atom. The number of amides is 1. The summed E-state index contributed by atoms with van der Waals surface area (Å²) in [5.41, 5.74) is 0. The zero-order valence-corrected chi connectivity index (χ0v) is 9.45. The molecule has 1 unspecified atom stereocenters. The first-order valence-corrected chi connectivity index (χ1v) is 5.37. The van der Waals surface area contributed by atoms with Gasteiger partial charge in [0, 0.05) is 0 Å². The Kier molecular flexibility index (Phi) is 4.78. The Labute approximate surface area is 91.1 Å². The van der Waals surface area contributed by atoms with Gasteiger partial charge in [-0.15, -0.1) is 0 Å². The van der Waals surface area contributed by atoms with Gasteiger partial charge in [0.1, 0.15) is 0 Å². The van der Waals surface area contributed by atoms with Crippen molar-refractivity contribution >= 4 is 5.91 Å². The maximum absolute atomic E-state index is 11.1. The highest BCUT2D eigenvalue weighted by Gasteiger charge is 2.28. The van der Waals surface area contributed by atoms with Gasteiger partial charge in [-0.05, 0) is 18.5 Å². The molecule has 0 radical (unpaired) electrons. The summed E-state index contributed by atoms with van der Waals surface area (Å²) in [6.07, 6.45) is 1.29. The third-order valence-electron chi connectivity index (χ3n) is 2.38. The fraction of sp³-hybridized carbons (Fsp3) is 0.727. The molecule has 0 aliphatic carbocycles. The molecule has 4 nitrogen and oxygen atoms in total. The molecule has 1 amide bonds. The summed E-state index contributed by atoms with van der Waals surface area (Å²) in [6.45, 7) is 9.91. The van der Waals surface area contributed by atoms with E-state index in [0.717, 1.165) is 6.54 Å². The normalized spacial score (nSPS) is 25.5. The average molecular weight is 212 g/mol. The lowest BCUT2D eigenvalue weighted by Crippen LogP contribution is -2.49. The highest BCUT2D eigenvalue weighted by molar-refractivity contribution is 5.87. The van der Waals surface area contributed by atoms with Crippen LogP contribution in [-0.4, -0.2) is 37.7 Å². The van der Waals surface area contributed by atoms with E-state index in [4.69, 9.17) is 4.74 Å². The maximum Gasteiger partial charge on any atom is 0.243 e. The monoisotopic (exact) mass is 212 g/mol. The van der Waals surface area contributed by atoms with Crippen molar-refractivity contribution in [1.29, 1.82) is 0 Å². The minimum atomic E-state index is -0.137. The van der Waals surface area contributed by atoms with Gasteiger partial charge >= 0.3 is 0 Å². The highest BCUT2D eigenvalue weighted by atomic mass is 16.5. The van der Waals surface area contributed by atoms with E-state index in [2.05, 4.69) is 31.1 Å². The lowest BCUT2D eigenvalue weighted by atomic mass is 10.1. The van der Waals surface area contributed by atoms with Crippen LogP contribution in [0, 0.1) is 5.92 Å². The standard InChI is InChI=1S/C11H20N2O2/c1-4-11(14)13-10-7-15-6-9(10)12-5-8(2)3/h4,8-10,12H,1,5-7H2,2-3H3,(H,13,14)/t9?,10-/m0/s1. The Hall–Kier alpha value is -0.870. The number of nitrogens with one attached hydrogen (secondary N) is 2. The molecule has 0 aromatic heterocycles. The zero-order valence-electron chi connectivity index (χ0n) is 9.45. The number of rotatable bonds is 5. The largest absolute Gasteiger partial charge is 0.378 e. The van der Waals surface area contributed by atoms with Gasteiger partial charge in [-0.25, -0.2) is 0 Å². The van der Waals surface area contributed by atoms with Gasteiger partial charge in [-0.2, -0.15) is 0 Å². The fourth-order valence-corrected chi connectivity index (χ4v) is 1.53. The van der Waals surface area contributed by atoms with Gasteiger partial charge in [0.15, 0.2) is 0 Å². The van der Waals surface area contributed by atoms with Crippen molar-refractivity contribution in [1.82, 2.24) is 10.6 Å². The first-order chi connectivity index (χ1) is 7.13. The zero-order chi connectivity index (χ0) is 11.3. The molecule has 0 saturated carbocycles. The first-order valence-electron chi connectivity index (χ1n) is 5.37. The quantitative estimate of drug-likeness (QED) is 0.645. The third-order valence-corrected chi connectivity index (χ3v) is 2.38. The lowest BCUT2D eigenvalue weighted by Gasteiger charge is -2.20. The Bertz CT molecular complexity index is 229. The predicted octanol–water partition coefficient (Wildman–Crippen LogP) is 0.302. The van der Waals surface area contributed by atoms with E-state index in [1.165, 1.54) is 6.08 Å². The molecule has 86 valence electrons. The molecule has 1 fully saturated rings. The fourth-order valence-electron chi connectivity index (χ4n) is 1.53. The van der Waals surface area contributed by atoms with E-state index in [1.807, 2.05) is 0 Å². The van der Waals surface area contributed by atoms with Gasteiger partial charge in [-0.1, -0.05) is 20.4 Å². The van der Waals surface area contributed by atoms with Crippen LogP contribution in [0.3, 0.4) is 0 Å². The molecule has 1 rings (SSSR count). The number of ether oxygens (including phenoxy) is 1. The summed E-state index contributed by atoms with van der Waals surface area (Å²) in [7, 11) is 0. The molecule has 1 saturated heterocycles. The van der Waals surface area contributed by atoms with Crippen molar-refractivity contribution in [3.8, 4) is 0 Å². The van der Waals surface area contributed by atoms with Crippen LogP contribution in [0.4, 0.5) is 0 Å². The second kappa shape index (κ2) is 5.88. The molecular weight excluding hydrogens is 192 g/mol. The van der Waals surface area contributed by atoms with Crippen LogP contribution in [0.15, 0.2) is 12.7 Å². The Morgan fingerprint density at radius 2 is 2.20 bits per heavy atom. The van der Waals surface area contributed by atoms with Crippen molar-refractivity contribution < 1.29 is 9.53 Å². The SMILES string of the molecule is C=CC(=O)N[C@H]1COCC1NCC(C)C. The summed E-state index contributed by atoms with van der Waals surface area (Å²) < 4.78 is 5.34. The molecule has 0 aromatic carbocycles. The lowest BCUT2D eigenvalue weighted by molar-refractivity contribution is -0.117. The highest BCUT2D eigenvalue weighted by Crippen LogP contribution is 2.06. The average Bonchev–Trinajstić information content (AvgIpc) is 2.62. The van der Waals surface area contributed by atoms with Crippen LogP contribution in [0.25, 0.3) is 0 Å². The minimum Gasteiger partial charge on any atom is -0.378 e.